The van der Waals surface area contributed by atoms with Gasteiger partial charge in [0.2, 0.25) is 0 Å². The maximum Gasteiger partial charge on any atom is 0.190 e. The van der Waals surface area contributed by atoms with E-state index in [1.54, 1.807) is 12.1 Å². The summed E-state index contributed by atoms with van der Waals surface area (Å²) in [5.41, 5.74) is 1.52. The van der Waals surface area contributed by atoms with Crippen molar-refractivity contribution >= 4 is 5.69 Å². The minimum Gasteiger partial charge on any atom is -0.389 e. The van der Waals surface area contributed by atoms with E-state index in [4.69, 9.17) is 6.57 Å². The summed E-state index contributed by atoms with van der Waals surface area (Å²) in [5, 5.41) is 9.53. The first-order valence-corrected chi connectivity index (χ1v) is 4.54. The zero-order chi connectivity index (χ0) is 10.4. The van der Waals surface area contributed by atoms with Crippen LogP contribution in [0.25, 0.3) is 4.85 Å². The van der Waals surface area contributed by atoms with Gasteiger partial charge in [0.05, 0.1) is 12.7 Å². The Morgan fingerprint density at radius 3 is 2.86 bits per heavy atom. The summed E-state index contributed by atoms with van der Waals surface area (Å²) in [6.07, 6.45) is 3.54. The van der Waals surface area contributed by atoms with Gasteiger partial charge in [-0.3, -0.25) is 0 Å². The van der Waals surface area contributed by atoms with E-state index in [2.05, 4.69) is 4.85 Å². The Morgan fingerprint density at radius 1 is 1.50 bits per heavy atom. The monoisotopic (exact) mass is 187 g/mol. The van der Waals surface area contributed by atoms with Gasteiger partial charge in [-0.25, -0.2) is 4.85 Å². The lowest BCUT2D eigenvalue weighted by molar-refractivity contribution is 0.224. The molecule has 1 aromatic rings. The van der Waals surface area contributed by atoms with Crippen LogP contribution in [0.4, 0.5) is 5.69 Å². The van der Waals surface area contributed by atoms with Crippen LogP contribution in [0, 0.1) is 6.57 Å². The van der Waals surface area contributed by atoms with E-state index in [0.717, 1.165) is 5.56 Å². The van der Waals surface area contributed by atoms with Crippen LogP contribution in [-0.4, -0.2) is 11.2 Å². The van der Waals surface area contributed by atoms with Crippen LogP contribution >= 0.6 is 0 Å². The molecule has 1 N–H and O–H groups in total. The van der Waals surface area contributed by atoms with Crippen molar-refractivity contribution in [2.45, 2.75) is 19.4 Å². The molecular weight excluding hydrogens is 174 g/mol. The highest BCUT2D eigenvalue weighted by Gasteiger charge is 2.05. The van der Waals surface area contributed by atoms with Gasteiger partial charge in [0.15, 0.2) is 5.69 Å². The summed E-state index contributed by atoms with van der Waals surface area (Å²) in [5.74, 6) is 0. The number of nitrogens with zero attached hydrogens (tertiary/aromatic N) is 1. The van der Waals surface area contributed by atoms with Crippen molar-refractivity contribution in [3.63, 3.8) is 0 Å². The average molecular weight is 187 g/mol. The summed E-state index contributed by atoms with van der Waals surface area (Å²) < 4.78 is 0. The van der Waals surface area contributed by atoms with Crippen molar-refractivity contribution in [3.8, 4) is 0 Å². The Kier molecular flexibility index (Phi) is 3.90. The maximum atomic E-state index is 9.53. The molecule has 0 heterocycles. The van der Waals surface area contributed by atoms with Gasteiger partial charge in [0.25, 0.3) is 0 Å². The lowest BCUT2D eigenvalue weighted by atomic mass is 10.1. The number of hydrogen-bond acceptors (Lipinski definition) is 1. The molecule has 14 heavy (non-hydrogen) atoms. The Bertz CT molecular complexity index is 363. The number of benzene rings is 1. The van der Waals surface area contributed by atoms with Gasteiger partial charge < -0.3 is 5.11 Å². The normalized spacial score (nSPS) is 12.6. The predicted octanol–water partition coefficient (Wildman–Crippen LogP) is 2.72. The molecule has 0 spiro atoms. The van der Waals surface area contributed by atoms with Crippen molar-refractivity contribution in [3.05, 3.63) is 53.4 Å². The van der Waals surface area contributed by atoms with E-state index >= 15 is 0 Å². The summed E-state index contributed by atoms with van der Waals surface area (Å²) in [6.45, 7) is 8.82. The van der Waals surface area contributed by atoms with Gasteiger partial charge >= 0.3 is 0 Å². The molecule has 0 amide bonds. The molecule has 72 valence electrons. The number of para-hydroxylation sites is 1. The first-order chi connectivity index (χ1) is 6.77. The van der Waals surface area contributed by atoms with Crippen LogP contribution < -0.4 is 0 Å². The van der Waals surface area contributed by atoms with Crippen LogP contribution in [0.1, 0.15) is 12.5 Å². The lowest BCUT2D eigenvalue weighted by Crippen LogP contribution is -2.06. The second kappa shape index (κ2) is 5.21. The van der Waals surface area contributed by atoms with E-state index < -0.39 is 6.10 Å². The number of aliphatic hydroxyl groups excluding tert-OH is 1. The quantitative estimate of drug-likeness (QED) is 0.571. The first-order valence-electron chi connectivity index (χ1n) is 4.54. The Hall–Kier alpha value is -1.59. The minimum atomic E-state index is -0.497. The van der Waals surface area contributed by atoms with Crippen molar-refractivity contribution < 1.29 is 5.11 Å². The Morgan fingerprint density at radius 2 is 2.21 bits per heavy atom. The van der Waals surface area contributed by atoms with Gasteiger partial charge in [-0.05, 0) is 18.9 Å². The molecule has 0 aliphatic heterocycles. The van der Waals surface area contributed by atoms with Gasteiger partial charge in [-0.15, -0.1) is 0 Å². The van der Waals surface area contributed by atoms with E-state index in [1.165, 1.54) is 0 Å². The third kappa shape index (κ3) is 2.72. The number of rotatable bonds is 3. The van der Waals surface area contributed by atoms with Gasteiger partial charge in [-0.1, -0.05) is 36.4 Å². The Labute approximate surface area is 84.3 Å². The molecule has 0 bridgehead atoms. The van der Waals surface area contributed by atoms with E-state index in [1.807, 2.05) is 31.2 Å². The standard InChI is InChI=1S/C12H13NO/c1-3-6-11(14)9-10-7-4-5-8-12(10)13-2/h3-8,11,14H,9H2,1H3/b6-3+. The number of aliphatic hydroxyl groups is 1. The molecule has 0 aromatic heterocycles. The van der Waals surface area contributed by atoms with Crippen LogP contribution in [-0.2, 0) is 6.42 Å². The fraction of sp³-hybridized carbons (Fsp3) is 0.250. The fourth-order valence-electron chi connectivity index (χ4n) is 1.31. The second-order valence-electron chi connectivity index (χ2n) is 3.04. The van der Waals surface area contributed by atoms with E-state index in [0.29, 0.717) is 12.1 Å². The van der Waals surface area contributed by atoms with Crippen molar-refractivity contribution in [1.29, 1.82) is 0 Å². The molecule has 0 radical (unpaired) electrons. The van der Waals surface area contributed by atoms with Crippen molar-refractivity contribution in [2.75, 3.05) is 0 Å². The molecule has 0 aliphatic carbocycles. The molecule has 2 nitrogen and oxygen atoms in total. The topological polar surface area (TPSA) is 24.6 Å². The fourth-order valence-corrected chi connectivity index (χ4v) is 1.31. The SMILES string of the molecule is [C-]#[N+]c1ccccc1CC(O)/C=C/C. The summed E-state index contributed by atoms with van der Waals surface area (Å²) in [6, 6.07) is 7.36. The molecule has 1 atom stereocenters. The summed E-state index contributed by atoms with van der Waals surface area (Å²) in [4.78, 5) is 3.40. The lowest BCUT2D eigenvalue weighted by Gasteiger charge is -2.06. The minimum absolute atomic E-state index is 0.497. The number of hydrogen-bond donors (Lipinski definition) is 1. The first kappa shape index (κ1) is 10.5. The molecule has 0 fully saturated rings. The van der Waals surface area contributed by atoms with Gasteiger partial charge in [0.1, 0.15) is 0 Å². The summed E-state index contributed by atoms with van der Waals surface area (Å²) >= 11 is 0. The van der Waals surface area contributed by atoms with E-state index in [9.17, 15) is 5.11 Å². The molecule has 0 aliphatic rings. The largest absolute Gasteiger partial charge is 0.389 e. The van der Waals surface area contributed by atoms with Gasteiger partial charge in [-0.2, -0.15) is 0 Å². The van der Waals surface area contributed by atoms with Crippen LogP contribution in [0.15, 0.2) is 36.4 Å². The van der Waals surface area contributed by atoms with Crippen LogP contribution in [0.5, 0.6) is 0 Å². The third-order valence-electron chi connectivity index (χ3n) is 1.96. The van der Waals surface area contributed by atoms with Crippen LogP contribution in [0.2, 0.25) is 0 Å². The molecule has 0 saturated carbocycles. The molecular formula is C12H13NO. The molecule has 2 heteroatoms. The molecule has 0 saturated heterocycles. The van der Waals surface area contributed by atoms with Crippen molar-refractivity contribution in [2.24, 2.45) is 0 Å². The zero-order valence-electron chi connectivity index (χ0n) is 8.14. The van der Waals surface area contributed by atoms with E-state index in [-0.39, 0.29) is 0 Å². The molecule has 1 aromatic carbocycles. The highest BCUT2D eigenvalue weighted by molar-refractivity contribution is 5.52. The highest BCUT2D eigenvalue weighted by Crippen LogP contribution is 2.20. The van der Waals surface area contributed by atoms with Crippen molar-refractivity contribution in [1.82, 2.24) is 0 Å². The second-order valence-corrected chi connectivity index (χ2v) is 3.04. The molecule has 1 unspecified atom stereocenters. The number of allylic oxidation sites excluding steroid dienone is 1. The van der Waals surface area contributed by atoms with Gasteiger partial charge in [0, 0.05) is 0 Å². The summed E-state index contributed by atoms with van der Waals surface area (Å²) in [7, 11) is 0. The maximum absolute atomic E-state index is 9.53. The van der Waals surface area contributed by atoms with Crippen LogP contribution in [0.3, 0.4) is 0 Å². The predicted molar refractivity (Wildman–Crippen MR) is 57.2 cm³/mol. The zero-order valence-corrected chi connectivity index (χ0v) is 8.14. The average Bonchev–Trinajstić information content (AvgIpc) is 2.19. The highest BCUT2D eigenvalue weighted by atomic mass is 16.3. The smallest absolute Gasteiger partial charge is 0.190 e. The Balaban J connectivity index is 2.81. The third-order valence-corrected chi connectivity index (χ3v) is 1.96. The molecule has 1 rings (SSSR count).